The van der Waals surface area contributed by atoms with E-state index >= 15 is 0 Å². The average Bonchev–Trinajstić information content (AvgIpc) is 3.36. The minimum absolute atomic E-state index is 0.0341. The highest BCUT2D eigenvalue weighted by Gasteiger charge is 2.30. The van der Waals surface area contributed by atoms with Crippen LogP contribution in [0.3, 0.4) is 0 Å². The van der Waals surface area contributed by atoms with Crippen LogP contribution in [0.2, 0.25) is 0 Å². The molecule has 25 heavy (non-hydrogen) atoms. The van der Waals surface area contributed by atoms with Crippen molar-refractivity contribution in [2.45, 2.75) is 23.8 Å². The summed E-state index contributed by atoms with van der Waals surface area (Å²) >= 11 is 1.19. The van der Waals surface area contributed by atoms with Gasteiger partial charge in [0, 0.05) is 23.9 Å². The van der Waals surface area contributed by atoms with Crippen LogP contribution in [-0.2, 0) is 14.8 Å². The van der Waals surface area contributed by atoms with E-state index in [1.165, 1.54) is 37.1 Å². The van der Waals surface area contributed by atoms with Gasteiger partial charge in [-0.15, -0.1) is 11.8 Å². The topological polar surface area (TPSA) is 122 Å². The minimum atomic E-state index is -3.76. The lowest BCUT2D eigenvalue weighted by atomic mass is 10.2. The highest BCUT2D eigenvalue weighted by molar-refractivity contribution is 7.99. The molecule has 138 valence electrons. The van der Waals surface area contributed by atoms with Crippen LogP contribution in [0.1, 0.15) is 23.2 Å². The molecule has 1 aliphatic carbocycles. The molecule has 3 N–H and O–H groups in total. The third-order valence-corrected chi connectivity index (χ3v) is 5.86. The number of thioether (sulfide) groups is 1. The van der Waals surface area contributed by atoms with Crippen LogP contribution in [0.15, 0.2) is 23.1 Å². The summed E-state index contributed by atoms with van der Waals surface area (Å²) < 4.78 is 32.5. The Kier molecular flexibility index (Phi) is 6.68. The number of carbonyl (C=O) groups is 2. The van der Waals surface area contributed by atoms with Gasteiger partial charge in [-0.1, -0.05) is 0 Å². The summed E-state index contributed by atoms with van der Waals surface area (Å²) in [5, 5.41) is 11.2. The number of methoxy groups -OCH3 is 1. The molecule has 1 aliphatic rings. The van der Waals surface area contributed by atoms with Crippen molar-refractivity contribution in [2.75, 3.05) is 25.2 Å². The lowest BCUT2D eigenvalue weighted by Crippen LogP contribution is -2.28. The van der Waals surface area contributed by atoms with Crippen molar-refractivity contribution in [3.8, 4) is 5.75 Å². The van der Waals surface area contributed by atoms with E-state index in [2.05, 4.69) is 10.0 Å². The fourth-order valence-electron chi connectivity index (χ4n) is 2.01. The first-order chi connectivity index (χ1) is 11.8. The van der Waals surface area contributed by atoms with Crippen LogP contribution in [0.4, 0.5) is 0 Å². The molecule has 0 saturated heterocycles. The Morgan fingerprint density at radius 2 is 2.08 bits per heavy atom. The summed E-state index contributed by atoms with van der Waals surface area (Å²) in [4.78, 5) is 22.5. The molecule has 0 spiro atoms. The van der Waals surface area contributed by atoms with Crippen LogP contribution in [-0.4, -0.2) is 56.6 Å². The number of aliphatic carboxylic acids is 1. The number of nitrogens with one attached hydrogen (secondary N) is 2. The zero-order chi connectivity index (χ0) is 18.4. The number of sulfonamides is 1. The smallest absolute Gasteiger partial charge is 0.313 e. The van der Waals surface area contributed by atoms with Crippen LogP contribution >= 0.6 is 11.8 Å². The summed E-state index contributed by atoms with van der Waals surface area (Å²) in [6.45, 7) is 0.283. The van der Waals surface area contributed by atoms with Crippen molar-refractivity contribution < 1.29 is 27.9 Å². The summed E-state index contributed by atoms with van der Waals surface area (Å²) in [7, 11) is -2.39. The largest absolute Gasteiger partial charge is 0.495 e. The summed E-state index contributed by atoms with van der Waals surface area (Å²) in [6.07, 6.45) is 1.60. The molecule has 0 unspecified atom stereocenters. The maximum atomic E-state index is 12.4. The van der Waals surface area contributed by atoms with Crippen molar-refractivity contribution >= 4 is 33.7 Å². The molecule has 0 bridgehead atoms. The first-order valence-electron chi connectivity index (χ1n) is 7.61. The predicted octanol–water partition coefficient (Wildman–Crippen LogP) is 0.683. The number of hydrogen-bond acceptors (Lipinski definition) is 6. The quantitative estimate of drug-likeness (QED) is 0.504. The minimum Gasteiger partial charge on any atom is -0.495 e. The number of carboxylic acid groups (broad SMARTS) is 1. The van der Waals surface area contributed by atoms with E-state index in [-0.39, 0.29) is 34.5 Å². The molecule has 1 amide bonds. The predicted molar refractivity (Wildman–Crippen MR) is 93.6 cm³/mol. The van der Waals surface area contributed by atoms with Crippen molar-refractivity contribution in [1.29, 1.82) is 0 Å². The number of carboxylic acids is 1. The van der Waals surface area contributed by atoms with Gasteiger partial charge in [0.15, 0.2) is 0 Å². The zero-order valence-electron chi connectivity index (χ0n) is 13.6. The highest BCUT2D eigenvalue weighted by atomic mass is 32.2. The van der Waals surface area contributed by atoms with Gasteiger partial charge in [0.05, 0.1) is 12.9 Å². The van der Waals surface area contributed by atoms with E-state index in [4.69, 9.17) is 9.84 Å². The molecular formula is C15H20N2O6S2. The fraction of sp³-hybridized carbons (Fsp3) is 0.467. The van der Waals surface area contributed by atoms with E-state index in [1.54, 1.807) is 0 Å². The molecule has 0 atom stereocenters. The summed E-state index contributed by atoms with van der Waals surface area (Å²) in [5.74, 6) is -0.761. The summed E-state index contributed by atoms with van der Waals surface area (Å²) in [6, 6.07) is 4.14. The molecule has 1 saturated carbocycles. The monoisotopic (exact) mass is 388 g/mol. The standard InChI is InChI=1S/C15H20N2O6S2/c1-23-12-5-2-10(15(20)16-6-7-24-9-14(18)19)8-13(12)25(21,22)17-11-3-4-11/h2,5,8,11,17H,3-4,6-7,9H2,1H3,(H,16,20)(H,18,19). The molecule has 1 aromatic rings. The third-order valence-electron chi connectivity index (χ3n) is 3.37. The lowest BCUT2D eigenvalue weighted by molar-refractivity contribution is -0.133. The average molecular weight is 388 g/mol. The maximum Gasteiger partial charge on any atom is 0.313 e. The van der Waals surface area contributed by atoms with Gasteiger partial charge in [0.25, 0.3) is 5.91 Å². The summed E-state index contributed by atoms with van der Waals surface area (Å²) in [5.41, 5.74) is 0.195. The Bertz CT molecular complexity index is 746. The number of amides is 1. The molecule has 0 aliphatic heterocycles. The number of carbonyl (C=O) groups excluding carboxylic acids is 1. The van der Waals surface area contributed by atoms with Crippen LogP contribution in [0, 0.1) is 0 Å². The molecule has 2 rings (SSSR count). The second-order valence-corrected chi connectivity index (χ2v) is 8.25. The van der Waals surface area contributed by atoms with Crippen molar-refractivity contribution in [3.05, 3.63) is 23.8 Å². The van der Waals surface area contributed by atoms with Crippen LogP contribution < -0.4 is 14.8 Å². The number of hydrogen-bond donors (Lipinski definition) is 3. The van der Waals surface area contributed by atoms with E-state index < -0.39 is 21.9 Å². The van der Waals surface area contributed by atoms with Gasteiger partial charge >= 0.3 is 5.97 Å². The van der Waals surface area contributed by atoms with Crippen LogP contribution in [0.5, 0.6) is 5.75 Å². The van der Waals surface area contributed by atoms with E-state index in [0.29, 0.717) is 5.75 Å². The van der Waals surface area contributed by atoms with Gasteiger partial charge in [-0.25, -0.2) is 13.1 Å². The first kappa shape index (κ1) is 19.5. The van der Waals surface area contributed by atoms with Gasteiger partial charge in [-0.3, -0.25) is 9.59 Å². The second-order valence-electron chi connectivity index (χ2n) is 5.46. The number of benzene rings is 1. The second kappa shape index (κ2) is 8.54. The van der Waals surface area contributed by atoms with Crippen molar-refractivity contribution in [3.63, 3.8) is 0 Å². The maximum absolute atomic E-state index is 12.4. The normalized spacial score (nSPS) is 14.1. The molecule has 1 fully saturated rings. The Hall–Kier alpha value is -1.78. The molecule has 1 aromatic carbocycles. The first-order valence-corrected chi connectivity index (χ1v) is 10.3. The highest BCUT2D eigenvalue weighted by Crippen LogP contribution is 2.28. The van der Waals surface area contributed by atoms with Gasteiger partial charge in [-0.05, 0) is 31.0 Å². The molecule has 10 heteroatoms. The molecule has 0 heterocycles. The van der Waals surface area contributed by atoms with E-state index in [1.807, 2.05) is 0 Å². The Morgan fingerprint density at radius 1 is 1.36 bits per heavy atom. The molecular weight excluding hydrogens is 368 g/mol. The molecule has 0 aromatic heterocycles. The molecule has 0 radical (unpaired) electrons. The van der Waals surface area contributed by atoms with Gasteiger partial charge < -0.3 is 15.2 Å². The number of ether oxygens (including phenoxy) is 1. The number of rotatable bonds is 10. The zero-order valence-corrected chi connectivity index (χ0v) is 15.3. The Balaban J connectivity index is 2.04. The third kappa shape index (κ3) is 5.91. The van der Waals surface area contributed by atoms with Crippen LogP contribution in [0.25, 0.3) is 0 Å². The fourth-order valence-corrected chi connectivity index (χ4v) is 4.08. The van der Waals surface area contributed by atoms with Crippen molar-refractivity contribution in [1.82, 2.24) is 10.0 Å². The van der Waals surface area contributed by atoms with Crippen molar-refractivity contribution in [2.24, 2.45) is 0 Å². The van der Waals surface area contributed by atoms with E-state index in [0.717, 1.165) is 12.8 Å². The molecule has 8 nitrogen and oxygen atoms in total. The SMILES string of the molecule is COc1ccc(C(=O)NCCSCC(=O)O)cc1S(=O)(=O)NC1CC1. The van der Waals surface area contributed by atoms with Gasteiger partial charge in [-0.2, -0.15) is 0 Å². The van der Waals surface area contributed by atoms with Gasteiger partial charge in [0.2, 0.25) is 10.0 Å². The lowest BCUT2D eigenvalue weighted by Gasteiger charge is -2.12. The van der Waals surface area contributed by atoms with Gasteiger partial charge in [0.1, 0.15) is 10.6 Å². The Labute approximate surface area is 150 Å². The van der Waals surface area contributed by atoms with E-state index in [9.17, 15) is 18.0 Å². The Morgan fingerprint density at radius 3 is 2.68 bits per heavy atom.